The Kier molecular flexibility index (Phi) is 4.27. The lowest BCUT2D eigenvalue weighted by Crippen LogP contribution is -2.47. The van der Waals surface area contributed by atoms with Crippen LogP contribution in [0.4, 0.5) is 5.82 Å². The molecule has 0 spiro atoms. The predicted octanol–water partition coefficient (Wildman–Crippen LogP) is 2.20. The molecule has 1 aromatic heterocycles. The van der Waals surface area contributed by atoms with Crippen molar-refractivity contribution in [2.45, 2.75) is 31.7 Å². The number of likely N-dealkylation sites (tertiary alicyclic amines) is 1. The number of aromatic nitrogens is 2. The van der Waals surface area contributed by atoms with Crippen molar-refractivity contribution < 1.29 is 4.74 Å². The van der Waals surface area contributed by atoms with Crippen molar-refractivity contribution in [1.29, 1.82) is 0 Å². The maximum atomic E-state index is 6.26. The normalized spacial score (nSPS) is 24.1. The Morgan fingerprint density at radius 3 is 2.80 bits per heavy atom. The zero-order valence-electron chi connectivity index (χ0n) is 11.9. The molecule has 2 aliphatic heterocycles. The zero-order chi connectivity index (χ0) is 13.9. The van der Waals surface area contributed by atoms with Gasteiger partial charge in [-0.15, -0.1) is 0 Å². The average molecular weight is 297 g/mol. The summed E-state index contributed by atoms with van der Waals surface area (Å²) in [6.07, 6.45) is 6.75. The Labute approximate surface area is 124 Å². The summed E-state index contributed by atoms with van der Waals surface area (Å²) in [7, 11) is 1.58. The molecule has 1 atom stereocenters. The van der Waals surface area contributed by atoms with E-state index in [1.807, 2.05) is 0 Å². The molecule has 0 saturated carbocycles. The smallest absolute Gasteiger partial charge is 0.318 e. The Morgan fingerprint density at radius 2 is 2.05 bits per heavy atom. The SMILES string of the molecule is COc1ncc(Cl)c(N2CCC[C@@H](N3CCCC3)C2)n1. The first kappa shape index (κ1) is 13.9. The number of hydrogen-bond donors (Lipinski definition) is 0. The van der Waals surface area contributed by atoms with Crippen molar-refractivity contribution in [1.82, 2.24) is 14.9 Å². The minimum Gasteiger partial charge on any atom is -0.467 e. The third kappa shape index (κ3) is 2.83. The van der Waals surface area contributed by atoms with E-state index in [2.05, 4.69) is 19.8 Å². The standard InChI is InChI=1S/C14H21ClN4O/c1-20-14-16-9-12(15)13(17-14)19-8-4-5-11(10-19)18-6-2-3-7-18/h9,11H,2-8,10H2,1H3/t11-/m1/s1. The lowest BCUT2D eigenvalue weighted by molar-refractivity contribution is 0.215. The van der Waals surface area contributed by atoms with Crippen LogP contribution in [-0.2, 0) is 0 Å². The van der Waals surface area contributed by atoms with Crippen LogP contribution < -0.4 is 9.64 Å². The highest BCUT2D eigenvalue weighted by molar-refractivity contribution is 6.32. The molecule has 3 rings (SSSR count). The molecule has 6 heteroatoms. The largest absolute Gasteiger partial charge is 0.467 e. The van der Waals surface area contributed by atoms with Crippen LogP contribution in [0.15, 0.2) is 6.20 Å². The van der Waals surface area contributed by atoms with Crippen LogP contribution in [-0.4, -0.2) is 54.2 Å². The van der Waals surface area contributed by atoms with Crippen molar-refractivity contribution in [3.05, 3.63) is 11.2 Å². The van der Waals surface area contributed by atoms with Crippen LogP contribution in [0.1, 0.15) is 25.7 Å². The first-order valence-electron chi connectivity index (χ1n) is 7.33. The summed E-state index contributed by atoms with van der Waals surface area (Å²) in [5, 5.41) is 0.605. The average Bonchev–Trinajstić information content (AvgIpc) is 3.02. The molecule has 0 aliphatic carbocycles. The van der Waals surface area contributed by atoms with E-state index < -0.39 is 0 Å². The maximum absolute atomic E-state index is 6.26. The lowest BCUT2D eigenvalue weighted by atomic mass is 10.0. The second-order valence-electron chi connectivity index (χ2n) is 5.51. The van der Waals surface area contributed by atoms with Crippen molar-refractivity contribution in [2.24, 2.45) is 0 Å². The van der Waals surface area contributed by atoms with E-state index in [4.69, 9.17) is 16.3 Å². The summed E-state index contributed by atoms with van der Waals surface area (Å²) >= 11 is 6.26. The highest BCUT2D eigenvalue weighted by atomic mass is 35.5. The van der Waals surface area contributed by atoms with Crippen molar-refractivity contribution in [2.75, 3.05) is 38.2 Å². The monoisotopic (exact) mass is 296 g/mol. The van der Waals surface area contributed by atoms with Gasteiger partial charge in [-0.25, -0.2) is 4.98 Å². The fraction of sp³-hybridized carbons (Fsp3) is 0.714. The topological polar surface area (TPSA) is 41.5 Å². The molecule has 2 fully saturated rings. The Morgan fingerprint density at radius 1 is 1.25 bits per heavy atom. The maximum Gasteiger partial charge on any atom is 0.318 e. The molecule has 1 aromatic rings. The third-order valence-corrected chi connectivity index (χ3v) is 4.51. The molecule has 20 heavy (non-hydrogen) atoms. The summed E-state index contributed by atoms with van der Waals surface area (Å²) < 4.78 is 5.11. The van der Waals surface area contributed by atoms with E-state index in [0.29, 0.717) is 17.1 Å². The Hall–Kier alpha value is -1.07. The molecule has 0 amide bonds. The van der Waals surface area contributed by atoms with Gasteiger partial charge in [0, 0.05) is 19.1 Å². The molecule has 0 bridgehead atoms. The van der Waals surface area contributed by atoms with Gasteiger partial charge in [-0.3, -0.25) is 4.90 Å². The van der Waals surface area contributed by atoms with Gasteiger partial charge < -0.3 is 9.64 Å². The Bertz CT molecular complexity index is 464. The van der Waals surface area contributed by atoms with Gasteiger partial charge in [-0.2, -0.15) is 4.98 Å². The van der Waals surface area contributed by atoms with E-state index in [0.717, 1.165) is 18.9 Å². The molecule has 0 aromatic carbocycles. The van der Waals surface area contributed by atoms with Gasteiger partial charge in [-0.05, 0) is 38.8 Å². The number of ether oxygens (including phenoxy) is 1. The number of anilines is 1. The van der Waals surface area contributed by atoms with Crippen LogP contribution in [0.5, 0.6) is 6.01 Å². The van der Waals surface area contributed by atoms with Crippen LogP contribution in [0.25, 0.3) is 0 Å². The molecular formula is C14H21ClN4O. The molecular weight excluding hydrogens is 276 g/mol. The van der Waals surface area contributed by atoms with Crippen molar-refractivity contribution in [3.63, 3.8) is 0 Å². The van der Waals surface area contributed by atoms with Gasteiger partial charge >= 0.3 is 6.01 Å². The Balaban J connectivity index is 1.75. The molecule has 0 unspecified atom stereocenters. The molecule has 3 heterocycles. The minimum absolute atomic E-state index is 0.382. The van der Waals surface area contributed by atoms with E-state index >= 15 is 0 Å². The van der Waals surface area contributed by atoms with Crippen LogP contribution in [0.2, 0.25) is 5.02 Å². The fourth-order valence-corrected chi connectivity index (χ4v) is 3.43. The first-order chi connectivity index (χ1) is 9.78. The van der Waals surface area contributed by atoms with E-state index in [-0.39, 0.29) is 0 Å². The minimum atomic E-state index is 0.382. The summed E-state index contributed by atoms with van der Waals surface area (Å²) in [6.45, 7) is 4.47. The molecule has 110 valence electrons. The van der Waals surface area contributed by atoms with Crippen LogP contribution in [0, 0.1) is 0 Å². The van der Waals surface area contributed by atoms with Gasteiger partial charge in [0.2, 0.25) is 0 Å². The van der Waals surface area contributed by atoms with E-state index in [1.165, 1.54) is 38.8 Å². The predicted molar refractivity (Wildman–Crippen MR) is 79.6 cm³/mol. The first-order valence-corrected chi connectivity index (χ1v) is 7.71. The zero-order valence-corrected chi connectivity index (χ0v) is 12.6. The van der Waals surface area contributed by atoms with Crippen LogP contribution in [0.3, 0.4) is 0 Å². The quantitative estimate of drug-likeness (QED) is 0.855. The van der Waals surface area contributed by atoms with Gasteiger partial charge in [0.25, 0.3) is 0 Å². The second kappa shape index (κ2) is 6.14. The molecule has 2 saturated heterocycles. The number of methoxy groups -OCH3 is 1. The molecule has 0 radical (unpaired) electrons. The number of nitrogens with zero attached hydrogens (tertiary/aromatic N) is 4. The third-order valence-electron chi connectivity index (χ3n) is 4.24. The summed E-state index contributed by atoms with van der Waals surface area (Å²) in [5.74, 6) is 0.808. The molecule has 0 N–H and O–H groups in total. The van der Waals surface area contributed by atoms with Gasteiger partial charge in [0.1, 0.15) is 5.02 Å². The molecule has 5 nitrogen and oxygen atoms in total. The summed E-state index contributed by atoms with van der Waals surface area (Å²) in [4.78, 5) is 13.4. The van der Waals surface area contributed by atoms with Crippen molar-refractivity contribution in [3.8, 4) is 6.01 Å². The van der Waals surface area contributed by atoms with Crippen molar-refractivity contribution >= 4 is 17.4 Å². The van der Waals surface area contributed by atoms with Gasteiger partial charge in [-0.1, -0.05) is 11.6 Å². The van der Waals surface area contributed by atoms with Gasteiger partial charge in [0.15, 0.2) is 5.82 Å². The number of hydrogen-bond acceptors (Lipinski definition) is 5. The number of piperidine rings is 1. The lowest BCUT2D eigenvalue weighted by Gasteiger charge is -2.38. The number of rotatable bonds is 3. The highest BCUT2D eigenvalue weighted by Gasteiger charge is 2.28. The summed E-state index contributed by atoms with van der Waals surface area (Å²) in [6, 6.07) is 1.01. The van der Waals surface area contributed by atoms with Gasteiger partial charge in [0.05, 0.1) is 13.3 Å². The van der Waals surface area contributed by atoms with E-state index in [1.54, 1.807) is 13.3 Å². The summed E-state index contributed by atoms with van der Waals surface area (Å²) in [5.41, 5.74) is 0. The van der Waals surface area contributed by atoms with Crippen LogP contribution >= 0.6 is 11.6 Å². The van der Waals surface area contributed by atoms with E-state index in [9.17, 15) is 0 Å². The molecule has 2 aliphatic rings. The second-order valence-corrected chi connectivity index (χ2v) is 5.92. The highest BCUT2D eigenvalue weighted by Crippen LogP contribution is 2.29. The number of halogens is 1. The fourth-order valence-electron chi connectivity index (χ4n) is 3.21.